The van der Waals surface area contributed by atoms with Crippen LogP contribution in [0.2, 0.25) is 0 Å². The molecule has 0 aliphatic carbocycles. The average Bonchev–Trinajstić information content (AvgIpc) is 3.26. The number of phenolic OH excluding ortho intramolecular Hbond substituents is 2. The molecule has 0 spiro atoms. The third-order valence-electron chi connectivity index (χ3n) is 8.28. The van der Waals surface area contributed by atoms with Crippen molar-refractivity contribution in [3.05, 3.63) is 148 Å². The largest absolute Gasteiger partial charge is 3.00 e. The fraction of sp³-hybridized carbons (Fsp3) is 0. The molecule has 0 fully saturated rings. The smallest absolute Gasteiger partial charge is 0.871 e. The molecule has 31 nitrogen and oxygen atoms in total. The molecule has 69 heavy (non-hydrogen) atoms. The van der Waals surface area contributed by atoms with Crippen LogP contribution in [-0.4, -0.2) is 47.8 Å². The number of rotatable bonds is 14. The fourth-order valence-electron chi connectivity index (χ4n) is 5.17. The number of nitro benzene ring substituents is 5. The summed E-state index contributed by atoms with van der Waals surface area (Å²) >= 11 is 0. The molecular weight excluding hydrogens is 992 g/mol. The Morgan fingerprint density at radius 1 is 0.507 bits per heavy atom. The minimum atomic E-state index is -5.13. The molecule has 6 aromatic carbocycles. The van der Waals surface area contributed by atoms with Gasteiger partial charge in [-0.1, -0.05) is 11.8 Å². The Bertz CT molecular complexity index is 3280. The van der Waals surface area contributed by atoms with Gasteiger partial charge in [0.15, 0.2) is 0 Å². The summed E-state index contributed by atoms with van der Waals surface area (Å²) in [6.07, 6.45) is 0. The third-order valence-corrected chi connectivity index (χ3v) is 9.16. The number of anilines is 2. The second kappa shape index (κ2) is 21.4. The zero-order chi connectivity index (χ0) is 50.2. The molecular formula is C36H19FeN12O19S-2. The van der Waals surface area contributed by atoms with E-state index in [-0.39, 0.29) is 45.6 Å². The SMILES string of the molecule is O=[N+]([O-])c1cc(N=Nc2ccc(O)c(N=Nc3cccc(Nc4ccc([N+](=O)[O-])cc4S(=O)(=O)[O-])c3)c2[O-])c([O-])c([N+](=O)[O-])c1.O=[N+]([O-])c1cc(N=Nc2ccc(O)cc2[O-])c([O-])c([N+](=O)[O-])c1.[Fe+3]. The van der Waals surface area contributed by atoms with E-state index in [4.69, 9.17) is 5.11 Å². The maximum absolute atomic E-state index is 12.9. The summed E-state index contributed by atoms with van der Waals surface area (Å²) < 4.78 is 35.0. The van der Waals surface area contributed by atoms with E-state index in [1.807, 2.05) is 0 Å². The maximum atomic E-state index is 12.9. The first kappa shape index (κ1) is 51.8. The number of nitro groups is 5. The van der Waals surface area contributed by atoms with Crippen molar-refractivity contribution in [3.63, 3.8) is 0 Å². The van der Waals surface area contributed by atoms with Crippen LogP contribution in [0.5, 0.6) is 34.5 Å². The molecule has 0 saturated heterocycles. The van der Waals surface area contributed by atoms with E-state index in [1.165, 1.54) is 24.3 Å². The van der Waals surface area contributed by atoms with E-state index in [2.05, 4.69) is 36.0 Å². The van der Waals surface area contributed by atoms with Gasteiger partial charge < -0.3 is 40.5 Å². The fourth-order valence-corrected chi connectivity index (χ4v) is 5.82. The van der Waals surface area contributed by atoms with E-state index >= 15 is 0 Å². The van der Waals surface area contributed by atoms with Crippen molar-refractivity contribution in [2.45, 2.75) is 4.90 Å². The van der Waals surface area contributed by atoms with E-state index in [9.17, 15) is 89.1 Å². The molecule has 33 heteroatoms. The van der Waals surface area contributed by atoms with Gasteiger partial charge in [-0.2, -0.15) is 25.6 Å². The van der Waals surface area contributed by atoms with Crippen LogP contribution >= 0.6 is 0 Å². The number of nitrogens with one attached hydrogen (secondary N) is 1. The summed E-state index contributed by atoms with van der Waals surface area (Å²) in [5, 5.41) is 146. The average molecular weight is 1010 g/mol. The molecule has 0 saturated carbocycles. The third kappa shape index (κ3) is 12.7. The molecule has 6 aromatic rings. The van der Waals surface area contributed by atoms with Crippen LogP contribution in [0.25, 0.3) is 0 Å². The first-order valence-corrected chi connectivity index (χ1v) is 19.0. The topological polar surface area (TPSA) is 492 Å². The molecule has 353 valence electrons. The van der Waals surface area contributed by atoms with Crippen molar-refractivity contribution in [1.82, 2.24) is 0 Å². The van der Waals surface area contributed by atoms with Gasteiger partial charge in [0.2, 0.25) is 0 Å². The number of hydrogen-bond donors (Lipinski definition) is 3. The number of non-ortho nitro benzene ring substituents is 3. The molecule has 0 atom stereocenters. The Kier molecular flexibility index (Phi) is 16.1. The van der Waals surface area contributed by atoms with Gasteiger partial charge in [0.05, 0.1) is 75.8 Å². The zero-order valence-corrected chi connectivity index (χ0v) is 35.2. The first-order chi connectivity index (χ1) is 31.9. The summed E-state index contributed by atoms with van der Waals surface area (Å²) in [7, 11) is -5.13. The van der Waals surface area contributed by atoms with Crippen LogP contribution < -0.4 is 25.7 Å². The van der Waals surface area contributed by atoms with Gasteiger partial charge in [0.1, 0.15) is 27.3 Å². The number of hydrogen-bond acceptors (Lipinski definition) is 26. The van der Waals surface area contributed by atoms with Crippen molar-refractivity contribution in [2.75, 3.05) is 5.32 Å². The molecule has 3 N–H and O–H groups in total. The Labute approximate surface area is 391 Å². The molecule has 0 amide bonds. The Morgan fingerprint density at radius 2 is 1.03 bits per heavy atom. The van der Waals surface area contributed by atoms with Gasteiger partial charge in [0, 0.05) is 41.5 Å². The predicted octanol–water partition coefficient (Wildman–Crippen LogP) is 6.51. The van der Waals surface area contributed by atoms with Gasteiger partial charge >= 0.3 is 17.1 Å². The van der Waals surface area contributed by atoms with Crippen LogP contribution in [0.1, 0.15) is 0 Å². The molecule has 0 aromatic heterocycles. The van der Waals surface area contributed by atoms with Gasteiger partial charge in [-0.3, -0.25) is 50.6 Å². The standard InChI is InChI=1S/C24H16N8O12S.C12H8N4O7.Fe/c33-20-7-6-17(27-28-18-9-15(31(38)39)10-19(23(18)34)32(40)41)24(35)22(20)29-26-13-3-1-2-12(8-13)25-16-5-4-14(30(36)37)11-21(16)45(42,43)44;17-7-1-2-8(11(18)5-7)13-14-9-3-6(15(20)21)4-10(12(9)19)16(22)23;/h1-11,25,33-35H,(H,42,43,44);1-5,17-19H;/q;;+3/p-5. The van der Waals surface area contributed by atoms with E-state index in [0.29, 0.717) is 30.3 Å². The van der Waals surface area contributed by atoms with Gasteiger partial charge in [-0.05, 0) is 60.3 Å². The van der Waals surface area contributed by atoms with E-state index < -0.39 is 120 Å². The second-order valence-corrected chi connectivity index (χ2v) is 14.1. The van der Waals surface area contributed by atoms with Crippen molar-refractivity contribution < 1.29 is 85.3 Å². The van der Waals surface area contributed by atoms with Crippen LogP contribution in [0.15, 0.2) is 133 Å². The van der Waals surface area contributed by atoms with Gasteiger partial charge in [-0.25, -0.2) is 8.42 Å². The summed E-state index contributed by atoms with van der Waals surface area (Å²) in [4.78, 5) is 48.7. The zero-order valence-electron chi connectivity index (χ0n) is 33.3. The summed E-state index contributed by atoms with van der Waals surface area (Å²) in [5.74, 6) is -5.21. The van der Waals surface area contributed by atoms with Crippen LogP contribution in [0, 0.1) is 50.6 Å². The first-order valence-electron chi connectivity index (χ1n) is 17.6. The maximum Gasteiger partial charge on any atom is 3.00 e. The number of phenols is 2. The Morgan fingerprint density at radius 3 is 1.54 bits per heavy atom. The predicted molar refractivity (Wildman–Crippen MR) is 217 cm³/mol. The molecule has 6 rings (SSSR count). The summed E-state index contributed by atoms with van der Waals surface area (Å²) in [5.41, 5.74) is -7.36. The van der Waals surface area contributed by atoms with E-state index in [0.717, 1.165) is 42.5 Å². The molecule has 0 bridgehead atoms. The number of aromatic hydroxyl groups is 2. The Hall–Kier alpha value is -9.85. The minimum Gasteiger partial charge on any atom is -0.871 e. The summed E-state index contributed by atoms with van der Waals surface area (Å²) in [6.45, 7) is 0. The van der Waals surface area contributed by atoms with Crippen molar-refractivity contribution in [3.8, 4) is 34.5 Å². The molecule has 0 aliphatic heterocycles. The molecule has 1 radical (unpaired) electrons. The second-order valence-electron chi connectivity index (χ2n) is 12.8. The summed E-state index contributed by atoms with van der Waals surface area (Å²) in [6, 6.07) is 15.4. The number of benzene rings is 6. The Balaban J connectivity index is 0.000000363. The number of azo groups is 3. The molecule has 0 unspecified atom stereocenters. The van der Waals surface area contributed by atoms with Crippen LogP contribution in [0.4, 0.5) is 73.9 Å². The van der Waals surface area contributed by atoms with Gasteiger partial charge in [-0.15, -0.1) is 5.11 Å². The van der Waals surface area contributed by atoms with Crippen molar-refractivity contribution >= 4 is 84.1 Å². The normalized spacial score (nSPS) is 11.1. The quantitative estimate of drug-likeness (QED) is 0.0344. The van der Waals surface area contributed by atoms with Crippen LogP contribution in [-0.2, 0) is 27.2 Å². The number of nitrogens with zero attached hydrogens (tertiary/aromatic N) is 11. The molecule has 0 aliphatic rings. The molecule has 0 heterocycles. The van der Waals surface area contributed by atoms with Crippen molar-refractivity contribution in [2.24, 2.45) is 30.7 Å². The van der Waals surface area contributed by atoms with E-state index in [1.54, 1.807) is 0 Å². The van der Waals surface area contributed by atoms with Gasteiger partial charge in [0.25, 0.3) is 28.4 Å². The van der Waals surface area contributed by atoms with Crippen LogP contribution in [0.3, 0.4) is 0 Å². The monoisotopic (exact) mass is 1010 g/mol. The minimum absolute atomic E-state index is 0. The van der Waals surface area contributed by atoms with Crippen molar-refractivity contribution in [1.29, 1.82) is 0 Å².